The molecule has 1 unspecified atom stereocenters. The third-order valence-corrected chi connectivity index (χ3v) is 8.71. The maximum absolute atomic E-state index is 13.5. The van der Waals surface area contributed by atoms with E-state index < -0.39 is 17.8 Å². The van der Waals surface area contributed by atoms with Crippen molar-refractivity contribution in [2.45, 2.75) is 37.9 Å². The van der Waals surface area contributed by atoms with E-state index in [1.165, 1.54) is 28.4 Å². The molecule has 220 valence electrons. The second kappa shape index (κ2) is 12.8. The molecule has 0 bridgehead atoms. The van der Waals surface area contributed by atoms with Gasteiger partial charge in [-0.1, -0.05) is 60.7 Å². The summed E-state index contributed by atoms with van der Waals surface area (Å²) >= 11 is 1.41. The number of amides is 2. The summed E-state index contributed by atoms with van der Waals surface area (Å²) in [5, 5.41) is 12.4. The van der Waals surface area contributed by atoms with E-state index in [2.05, 4.69) is 11.1 Å². The molecule has 1 fully saturated rings. The normalized spacial score (nSPS) is 14.6. The molecule has 1 saturated heterocycles. The lowest BCUT2D eigenvalue weighted by Gasteiger charge is -2.31. The first-order valence-electron chi connectivity index (χ1n) is 14.0. The van der Waals surface area contributed by atoms with Crippen molar-refractivity contribution in [2.75, 3.05) is 19.6 Å². The molecule has 1 aliphatic rings. The number of rotatable bonds is 7. The molecular weight excluding hydrogens is 573 g/mol. The number of carbonyl (C=O) groups is 2. The van der Waals surface area contributed by atoms with Crippen LogP contribution in [0.2, 0.25) is 0 Å². The number of piperidine rings is 1. The molecule has 0 radical (unpaired) electrons. The van der Waals surface area contributed by atoms with Crippen molar-refractivity contribution in [2.24, 2.45) is 0 Å². The molecule has 0 aliphatic carbocycles. The van der Waals surface area contributed by atoms with Crippen LogP contribution >= 0.6 is 11.3 Å². The van der Waals surface area contributed by atoms with E-state index in [-0.39, 0.29) is 17.7 Å². The molecule has 3 aromatic carbocycles. The molecule has 2 amide bonds. The maximum Gasteiger partial charge on any atom is 0.416 e. The Morgan fingerprint density at radius 3 is 2.30 bits per heavy atom. The van der Waals surface area contributed by atoms with Crippen LogP contribution in [-0.4, -0.2) is 46.2 Å². The summed E-state index contributed by atoms with van der Waals surface area (Å²) in [4.78, 5) is 34.8. The zero-order valence-corrected chi connectivity index (χ0v) is 24.2. The largest absolute Gasteiger partial charge is 0.416 e. The van der Waals surface area contributed by atoms with Crippen LogP contribution < -0.4 is 0 Å². The first kappa shape index (κ1) is 30.0. The predicted molar refractivity (Wildman–Crippen MR) is 158 cm³/mol. The summed E-state index contributed by atoms with van der Waals surface area (Å²) in [6.45, 7) is 3.16. The van der Waals surface area contributed by atoms with Crippen LogP contribution in [0.1, 0.15) is 68.7 Å². The summed E-state index contributed by atoms with van der Waals surface area (Å²) in [7, 11) is 0. The van der Waals surface area contributed by atoms with Gasteiger partial charge in [-0.05, 0) is 54.7 Å². The average molecular weight is 603 g/mol. The Labute approximate surface area is 252 Å². The molecule has 0 spiro atoms. The minimum Gasteiger partial charge on any atom is -0.339 e. The predicted octanol–water partition coefficient (Wildman–Crippen LogP) is 7.58. The molecule has 0 saturated carbocycles. The van der Waals surface area contributed by atoms with Crippen LogP contribution in [0.15, 0.2) is 84.2 Å². The number of carbonyl (C=O) groups excluding carboxylic acids is 2. The summed E-state index contributed by atoms with van der Waals surface area (Å²) in [5.41, 5.74) is 1.87. The lowest BCUT2D eigenvalue weighted by molar-refractivity contribution is -0.137. The van der Waals surface area contributed by atoms with E-state index in [0.29, 0.717) is 54.9 Å². The molecule has 6 nitrogen and oxygen atoms in total. The number of likely N-dealkylation sites (tertiary alicyclic amines) is 1. The average Bonchev–Trinajstić information content (AvgIpc) is 3.54. The van der Waals surface area contributed by atoms with Gasteiger partial charge >= 0.3 is 6.18 Å². The highest BCUT2D eigenvalue weighted by atomic mass is 32.1. The van der Waals surface area contributed by atoms with E-state index in [0.717, 1.165) is 22.7 Å². The van der Waals surface area contributed by atoms with Crippen LogP contribution in [0, 0.1) is 11.3 Å². The fourth-order valence-electron chi connectivity index (χ4n) is 5.38. The maximum atomic E-state index is 13.5. The first-order valence-corrected chi connectivity index (χ1v) is 14.9. The Morgan fingerprint density at radius 1 is 1.02 bits per heavy atom. The molecule has 1 aliphatic heterocycles. The molecule has 0 N–H and O–H groups in total. The SMILES string of the molecule is CCN(C(=O)c1csc(C2CCN(C(=O)c3ccccc3-c3ccc(C(F)(F)F)cc3)CC2)n1)C(C#N)c1ccccc1. The van der Waals surface area contributed by atoms with Gasteiger partial charge in [0.05, 0.1) is 16.6 Å². The highest BCUT2D eigenvalue weighted by molar-refractivity contribution is 7.09. The van der Waals surface area contributed by atoms with Crippen LogP contribution in [0.25, 0.3) is 11.1 Å². The number of benzene rings is 3. The van der Waals surface area contributed by atoms with Gasteiger partial charge in [-0.2, -0.15) is 18.4 Å². The lowest BCUT2D eigenvalue weighted by atomic mass is 9.94. The Bertz CT molecular complexity index is 1620. The Kier molecular flexibility index (Phi) is 8.92. The molecule has 10 heteroatoms. The standard InChI is InChI=1S/C33H29F3N4O2S/c1-2-40(29(20-37)23-8-4-3-5-9-23)32(42)28-21-43-30(38-28)24-16-18-39(19-17-24)31(41)27-11-7-6-10-26(27)22-12-14-25(15-13-22)33(34,35)36/h3-15,21,24,29H,2,16-19H2,1H3. The van der Waals surface area contributed by atoms with E-state index >= 15 is 0 Å². The van der Waals surface area contributed by atoms with Gasteiger partial charge in [0.2, 0.25) is 0 Å². The minimum absolute atomic E-state index is 0.0803. The number of halogens is 3. The molecule has 2 heterocycles. The fourth-order valence-corrected chi connectivity index (χ4v) is 6.35. The van der Waals surface area contributed by atoms with Crippen LogP contribution in [0.3, 0.4) is 0 Å². The Morgan fingerprint density at radius 2 is 1.67 bits per heavy atom. The molecule has 5 rings (SSSR count). The smallest absolute Gasteiger partial charge is 0.339 e. The molecule has 4 aromatic rings. The van der Waals surface area contributed by atoms with Gasteiger partial charge in [-0.3, -0.25) is 9.59 Å². The van der Waals surface area contributed by atoms with Gasteiger partial charge in [0.25, 0.3) is 11.8 Å². The number of hydrogen-bond acceptors (Lipinski definition) is 5. The van der Waals surface area contributed by atoms with Crippen molar-refractivity contribution in [3.05, 3.63) is 112 Å². The van der Waals surface area contributed by atoms with E-state index in [1.807, 2.05) is 37.3 Å². The Balaban J connectivity index is 1.25. The van der Waals surface area contributed by atoms with Crippen LogP contribution in [-0.2, 0) is 6.18 Å². The third kappa shape index (κ3) is 6.47. The van der Waals surface area contributed by atoms with Crippen LogP contribution in [0.5, 0.6) is 0 Å². The van der Waals surface area contributed by atoms with E-state index in [9.17, 15) is 28.0 Å². The highest BCUT2D eigenvalue weighted by Gasteiger charge is 2.32. The van der Waals surface area contributed by atoms with Gasteiger partial charge in [-0.25, -0.2) is 4.98 Å². The zero-order valence-electron chi connectivity index (χ0n) is 23.4. The number of nitrogens with zero attached hydrogens (tertiary/aromatic N) is 4. The summed E-state index contributed by atoms with van der Waals surface area (Å²) in [5.74, 6) is -0.393. The first-order chi connectivity index (χ1) is 20.7. The number of hydrogen-bond donors (Lipinski definition) is 0. The summed E-state index contributed by atoms with van der Waals surface area (Å²) in [6.07, 6.45) is -3.10. The van der Waals surface area contributed by atoms with Crippen molar-refractivity contribution in [1.29, 1.82) is 5.26 Å². The minimum atomic E-state index is -4.43. The number of aromatic nitrogens is 1. The number of thiazole rings is 1. The third-order valence-electron chi connectivity index (χ3n) is 7.70. The summed E-state index contributed by atoms with van der Waals surface area (Å²) < 4.78 is 39.1. The fraction of sp³-hybridized carbons (Fsp3) is 0.273. The number of nitriles is 1. The molecule has 1 aromatic heterocycles. The van der Waals surface area contributed by atoms with Crippen molar-refractivity contribution >= 4 is 23.2 Å². The van der Waals surface area contributed by atoms with Gasteiger partial charge in [0.1, 0.15) is 11.7 Å². The zero-order chi connectivity index (χ0) is 30.6. The monoisotopic (exact) mass is 602 g/mol. The Hall–Kier alpha value is -4.49. The second-order valence-electron chi connectivity index (χ2n) is 10.3. The second-order valence-corrected chi connectivity index (χ2v) is 11.2. The molecule has 1 atom stereocenters. The van der Waals surface area contributed by atoms with Crippen LogP contribution in [0.4, 0.5) is 13.2 Å². The van der Waals surface area contributed by atoms with E-state index in [1.54, 1.807) is 34.5 Å². The van der Waals surface area contributed by atoms with Crippen molar-refractivity contribution in [1.82, 2.24) is 14.8 Å². The van der Waals surface area contributed by atoms with Crippen molar-refractivity contribution < 1.29 is 22.8 Å². The van der Waals surface area contributed by atoms with Gasteiger partial charge in [-0.15, -0.1) is 11.3 Å². The van der Waals surface area contributed by atoms with Crippen molar-refractivity contribution in [3.63, 3.8) is 0 Å². The van der Waals surface area contributed by atoms with Gasteiger partial charge in [0, 0.05) is 36.5 Å². The summed E-state index contributed by atoms with van der Waals surface area (Å²) in [6, 6.07) is 22.5. The topological polar surface area (TPSA) is 77.3 Å². The van der Waals surface area contributed by atoms with E-state index in [4.69, 9.17) is 0 Å². The highest BCUT2D eigenvalue weighted by Crippen LogP contribution is 2.34. The molecule has 43 heavy (non-hydrogen) atoms. The van der Waals surface area contributed by atoms with Gasteiger partial charge < -0.3 is 9.80 Å². The van der Waals surface area contributed by atoms with Gasteiger partial charge in [0.15, 0.2) is 0 Å². The lowest BCUT2D eigenvalue weighted by Crippen LogP contribution is -2.38. The molecular formula is C33H29F3N4O2S. The van der Waals surface area contributed by atoms with Crippen molar-refractivity contribution in [3.8, 4) is 17.2 Å². The quantitative estimate of drug-likeness (QED) is 0.219. The number of alkyl halides is 3.